The number of hydrogen-bond acceptors (Lipinski definition) is 3. The normalized spacial score (nSPS) is 9.42. The fourth-order valence-corrected chi connectivity index (χ4v) is 2.41. The zero-order chi connectivity index (χ0) is 17.9. The molecule has 0 unspecified atom stereocenters. The van der Waals surface area contributed by atoms with E-state index in [0.29, 0.717) is 0 Å². The molecule has 0 amide bonds. The van der Waals surface area contributed by atoms with Crippen molar-refractivity contribution in [2.24, 2.45) is 0 Å². The number of hydrogen-bond donors (Lipinski definition) is 1. The number of para-hydroxylation sites is 1. The van der Waals surface area contributed by atoms with Crippen LogP contribution in [-0.4, -0.2) is 9.97 Å². The van der Waals surface area contributed by atoms with Gasteiger partial charge in [-0.05, 0) is 30.3 Å². The summed E-state index contributed by atoms with van der Waals surface area (Å²) in [6.45, 7) is 10.1. The van der Waals surface area contributed by atoms with Crippen LogP contribution in [-0.2, 0) is 6.42 Å². The topological polar surface area (TPSA) is 37.8 Å². The van der Waals surface area contributed by atoms with Gasteiger partial charge >= 0.3 is 0 Å². The second-order valence-corrected chi connectivity index (χ2v) is 5.41. The van der Waals surface area contributed by atoms with Crippen molar-refractivity contribution in [1.29, 1.82) is 0 Å². The molecule has 24 heavy (non-hydrogen) atoms. The molecule has 1 N–H and O–H groups in total. The molecule has 0 aliphatic carbocycles. The Morgan fingerprint density at radius 3 is 2.21 bits per heavy atom. The van der Waals surface area contributed by atoms with E-state index in [1.54, 1.807) is 0 Å². The van der Waals surface area contributed by atoms with Crippen molar-refractivity contribution >= 4 is 38.3 Å². The molecule has 0 radical (unpaired) electrons. The molecule has 0 spiro atoms. The average molecular weight is 388 g/mol. The molecule has 0 aliphatic heterocycles. The number of nitrogens with one attached hydrogen (secondary N) is 1. The van der Waals surface area contributed by atoms with Crippen LogP contribution in [0.5, 0.6) is 0 Å². The van der Waals surface area contributed by atoms with Crippen LogP contribution in [0.2, 0.25) is 0 Å². The van der Waals surface area contributed by atoms with E-state index >= 15 is 0 Å². The third-order valence-electron chi connectivity index (χ3n) is 3.06. The van der Waals surface area contributed by atoms with Gasteiger partial charge in [-0.15, -0.1) is 0 Å². The van der Waals surface area contributed by atoms with Gasteiger partial charge in [0.1, 0.15) is 11.6 Å². The van der Waals surface area contributed by atoms with Gasteiger partial charge < -0.3 is 5.32 Å². The maximum atomic E-state index is 4.61. The van der Waals surface area contributed by atoms with Crippen molar-refractivity contribution in [3.63, 3.8) is 0 Å². The second kappa shape index (κ2) is 10.8. The molecule has 3 nitrogen and oxygen atoms in total. The van der Waals surface area contributed by atoms with Crippen LogP contribution in [0.3, 0.4) is 0 Å². The summed E-state index contributed by atoms with van der Waals surface area (Å²) in [7, 11) is 0. The van der Waals surface area contributed by atoms with E-state index in [4.69, 9.17) is 0 Å². The average Bonchev–Trinajstić information content (AvgIpc) is 2.65. The monoisotopic (exact) mass is 387 g/mol. The summed E-state index contributed by atoms with van der Waals surface area (Å²) < 4.78 is 1.02. The SMILES string of the molecule is CC.CC.CCc1nc(Nc2ccccc2)c2ccc(Br)cc2n1. The summed E-state index contributed by atoms with van der Waals surface area (Å²) in [6, 6.07) is 16.1. The summed E-state index contributed by atoms with van der Waals surface area (Å²) in [5.41, 5.74) is 1.97. The number of aromatic nitrogens is 2. The first-order valence-corrected chi connectivity index (χ1v) is 9.34. The van der Waals surface area contributed by atoms with Gasteiger partial charge in [0.2, 0.25) is 0 Å². The van der Waals surface area contributed by atoms with E-state index in [1.165, 1.54) is 0 Å². The Labute approximate surface area is 153 Å². The summed E-state index contributed by atoms with van der Waals surface area (Å²) in [5.74, 6) is 1.69. The van der Waals surface area contributed by atoms with Gasteiger partial charge in [0, 0.05) is 22.0 Å². The van der Waals surface area contributed by atoms with Gasteiger partial charge in [-0.3, -0.25) is 0 Å². The quantitative estimate of drug-likeness (QED) is 0.539. The molecule has 0 fully saturated rings. The standard InChI is InChI=1S/C16H14BrN3.2C2H6/c1-2-15-19-14-10-11(17)8-9-13(14)16(20-15)18-12-6-4-3-5-7-12;2*1-2/h3-10H,2H2,1H3,(H,18,19,20);2*1-2H3. The largest absolute Gasteiger partial charge is 0.340 e. The maximum Gasteiger partial charge on any atom is 0.142 e. The Bertz CT molecular complexity index is 742. The molecule has 3 rings (SSSR count). The van der Waals surface area contributed by atoms with Crippen LogP contribution < -0.4 is 5.32 Å². The molecule has 0 saturated carbocycles. The Morgan fingerprint density at radius 1 is 0.917 bits per heavy atom. The van der Waals surface area contributed by atoms with Gasteiger partial charge in [0.05, 0.1) is 5.52 Å². The van der Waals surface area contributed by atoms with Crippen molar-refractivity contribution < 1.29 is 0 Å². The lowest BCUT2D eigenvalue weighted by Crippen LogP contribution is -2.01. The molecule has 1 heterocycles. The molecule has 0 aliphatic rings. The summed E-state index contributed by atoms with van der Waals surface area (Å²) >= 11 is 3.49. The van der Waals surface area contributed by atoms with Gasteiger partial charge in [-0.1, -0.05) is 68.7 Å². The zero-order valence-corrected chi connectivity index (χ0v) is 16.7. The van der Waals surface area contributed by atoms with Crippen molar-refractivity contribution in [2.45, 2.75) is 41.0 Å². The summed E-state index contributed by atoms with van der Waals surface area (Å²) in [5, 5.41) is 4.40. The van der Waals surface area contributed by atoms with E-state index in [-0.39, 0.29) is 0 Å². The van der Waals surface area contributed by atoms with Gasteiger partial charge in [0.15, 0.2) is 0 Å². The van der Waals surface area contributed by atoms with E-state index < -0.39 is 0 Å². The van der Waals surface area contributed by atoms with E-state index in [2.05, 4.69) is 38.1 Å². The van der Waals surface area contributed by atoms with Crippen LogP contribution in [0.15, 0.2) is 53.0 Å². The lowest BCUT2D eigenvalue weighted by molar-refractivity contribution is 0.964. The predicted molar refractivity (Wildman–Crippen MR) is 109 cm³/mol. The molecular weight excluding hydrogens is 362 g/mol. The molecule has 0 saturated heterocycles. The number of aryl methyl sites for hydroxylation is 1. The Balaban J connectivity index is 0.000000671. The predicted octanol–water partition coefficient (Wildman–Crippen LogP) is 6.75. The zero-order valence-electron chi connectivity index (χ0n) is 15.1. The Hall–Kier alpha value is -1.94. The minimum absolute atomic E-state index is 0.811. The van der Waals surface area contributed by atoms with Crippen LogP contribution >= 0.6 is 15.9 Å². The van der Waals surface area contributed by atoms with Gasteiger partial charge in [-0.2, -0.15) is 0 Å². The third-order valence-corrected chi connectivity index (χ3v) is 3.55. The molecular formula is C20H26BrN3. The maximum absolute atomic E-state index is 4.61. The van der Waals surface area contributed by atoms with Crippen LogP contribution in [0, 0.1) is 0 Å². The van der Waals surface area contributed by atoms with Crippen molar-refractivity contribution in [1.82, 2.24) is 9.97 Å². The Morgan fingerprint density at radius 2 is 1.58 bits per heavy atom. The highest BCUT2D eigenvalue weighted by Gasteiger charge is 2.07. The van der Waals surface area contributed by atoms with Crippen LogP contribution in [0.1, 0.15) is 40.4 Å². The van der Waals surface area contributed by atoms with E-state index in [9.17, 15) is 0 Å². The highest BCUT2D eigenvalue weighted by atomic mass is 79.9. The number of halogens is 1. The second-order valence-electron chi connectivity index (χ2n) is 4.49. The number of nitrogens with zero attached hydrogens (tertiary/aromatic N) is 2. The lowest BCUT2D eigenvalue weighted by Gasteiger charge is -2.10. The smallest absolute Gasteiger partial charge is 0.142 e. The molecule has 0 atom stereocenters. The molecule has 1 aromatic heterocycles. The molecule has 128 valence electrons. The van der Waals surface area contributed by atoms with E-state index in [0.717, 1.165) is 39.1 Å². The minimum Gasteiger partial charge on any atom is -0.340 e. The first-order chi connectivity index (χ1) is 11.8. The van der Waals surface area contributed by atoms with Crippen molar-refractivity contribution in [2.75, 3.05) is 5.32 Å². The molecule has 0 bridgehead atoms. The van der Waals surface area contributed by atoms with Crippen LogP contribution in [0.25, 0.3) is 10.9 Å². The highest BCUT2D eigenvalue weighted by Crippen LogP contribution is 2.26. The molecule has 2 aromatic carbocycles. The summed E-state index contributed by atoms with van der Waals surface area (Å²) in [6.07, 6.45) is 0.811. The fraction of sp³-hybridized carbons (Fsp3) is 0.300. The Kier molecular flexibility index (Phi) is 9.02. The van der Waals surface area contributed by atoms with E-state index in [1.807, 2.05) is 76.2 Å². The first kappa shape index (κ1) is 20.1. The minimum atomic E-state index is 0.811. The molecule has 3 aromatic rings. The third kappa shape index (κ3) is 5.31. The highest BCUT2D eigenvalue weighted by molar-refractivity contribution is 9.10. The van der Waals surface area contributed by atoms with Crippen LogP contribution in [0.4, 0.5) is 11.5 Å². The number of rotatable bonds is 3. The number of fused-ring (bicyclic) bond motifs is 1. The number of benzene rings is 2. The van der Waals surface area contributed by atoms with Gasteiger partial charge in [-0.25, -0.2) is 9.97 Å². The fourth-order valence-electron chi connectivity index (χ4n) is 2.06. The van der Waals surface area contributed by atoms with Crippen molar-refractivity contribution in [3.05, 3.63) is 58.8 Å². The first-order valence-electron chi connectivity index (χ1n) is 8.54. The lowest BCUT2D eigenvalue weighted by atomic mass is 10.2. The van der Waals surface area contributed by atoms with Gasteiger partial charge in [0.25, 0.3) is 0 Å². The summed E-state index contributed by atoms with van der Waals surface area (Å²) in [4.78, 5) is 9.18. The molecule has 4 heteroatoms. The van der Waals surface area contributed by atoms with Crippen molar-refractivity contribution in [3.8, 4) is 0 Å². The number of anilines is 2.